The molecular weight excluding hydrogens is 288 g/mol. The molecule has 0 bridgehead atoms. The van der Waals surface area contributed by atoms with Crippen molar-refractivity contribution in [3.63, 3.8) is 0 Å². The molecule has 3 rings (SSSR count). The zero-order chi connectivity index (χ0) is 15.5. The van der Waals surface area contributed by atoms with E-state index in [2.05, 4.69) is 19.9 Å². The summed E-state index contributed by atoms with van der Waals surface area (Å²) >= 11 is 0. The number of hydrogen-bond acceptors (Lipinski definition) is 7. The molecule has 3 aromatic rings. The van der Waals surface area contributed by atoms with Crippen molar-refractivity contribution in [2.45, 2.75) is 6.42 Å². The van der Waals surface area contributed by atoms with Crippen molar-refractivity contribution in [2.24, 2.45) is 0 Å². The van der Waals surface area contributed by atoms with Gasteiger partial charge in [-0.25, -0.2) is 15.0 Å². The maximum atomic E-state index is 10.6. The molecule has 9 nitrogen and oxygen atoms in total. The molecule has 0 saturated heterocycles. The number of non-ortho nitro benzene ring substituents is 1. The van der Waals surface area contributed by atoms with Crippen molar-refractivity contribution in [2.75, 3.05) is 12.3 Å². The predicted octanol–water partition coefficient (Wildman–Crippen LogP) is 1.46. The third-order valence-electron chi connectivity index (χ3n) is 2.99. The van der Waals surface area contributed by atoms with Gasteiger partial charge >= 0.3 is 0 Å². The number of nitro groups is 1. The fourth-order valence-electron chi connectivity index (χ4n) is 1.94. The van der Waals surface area contributed by atoms with Crippen LogP contribution in [-0.2, 0) is 6.42 Å². The van der Waals surface area contributed by atoms with Crippen molar-refractivity contribution in [1.29, 1.82) is 0 Å². The summed E-state index contributed by atoms with van der Waals surface area (Å²) in [4.78, 5) is 25.4. The number of nitro benzene ring substituents is 1. The first-order chi connectivity index (χ1) is 10.6. The third kappa shape index (κ3) is 2.77. The Morgan fingerprint density at radius 3 is 2.77 bits per heavy atom. The first-order valence-electron chi connectivity index (χ1n) is 6.46. The fourth-order valence-corrected chi connectivity index (χ4v) is 1.94. The second-order valence-electron chi connectivity index (χ2n) is 4.47. The van der Waals surface area contributed by atoms with Crippen LogP contribution in [0.4, 0.5) is 11.5 Å². The number of aromatic amines is 1. The summed E-state index contributed by atoms with van der Waals surface area (Å²) in [7, 11) is 0. The predicted molar refractivity (Wildman–Crippen MR) is 78.4 cm³/mol. The summed E-state index contributed by atoms with van der Waals surface area (Å²) in [5.41, 5.74) is 6.94. The van der Waals surface area contributed by atoms with Crippen LogP contribution < -0.4 is 10.5 Å². The molecule has 112 valence electrons. The number of nitrogens with two attached hydrogens (primary N) is 1. The highest BCUT2D eigenvalue weighted by Gasteiger charge is 2.08. The lowest BCUT2D eigenvalue weighted by Crippen LogP contribution is -2.07. The molecule has 0 aliphatic carbocycles. The number of aromatic nitrogens is 4. The molecule has 1 aromatic carbocycles. The summed E-state index contributed by atoms with van der Waals surface area (Å²) in [5, 5.41) is 10.6. The smallest absolute Gasteiger partial charge is 0.269 e. The molecule has 3 N–H and O–H groups in total. The quantitative estimate of drug-likeness (QED) is 0.538. The average molecular weight is 300 g/mol. The number of fused-ring (bicyclic) bond motifs is 1. The van der Waals surface area contributed by atoms with Gasteiger partial charge in [-0.3, -0.25) is 10.1 Å². The molecule has 0 aliphatic heterocycles. The van der Waals surface area contributed by atoms with Crippen molar-refractivity contribution in [1.82, 2.24) is 19.9 Å². The SMILES string of the molecule is Nc1nc(CCOc2ccc([N+](=O)[O-])cc2)nc2[nH]cnc12. The topological polar surface area (TPSA) is 133 Å². The van der Waals surface area contributed by atoms with Gasteiger partial charge in [-0.1, -0.05) is 0 Å². The number of imidazole rings is 1. The van der Waals surface area contributed by atoms with Gasteiger partial charge in [0.1, 0.15) is 17.1 Å². The minimum atomic E-state index is -0.458. The van der Waals surface area contributed by atoms with Gasteiger partial charge in [0.2, 0.25) is 0 Å². The maximum Gasteiger partial charge on any atom is 0.269 e. The number of hydrogen-bond donors (Lipinski definition) is 2. The maximum absolute atomic E-state index is 10.6. The largest absolute Gasteiger partial charge is 0.493 e. The molecule has 0 radical (unpaired) electrons. The van der Waals surface area contributed by atoms with E-state index in [1.807, 2.05) is 0 Å². The number of benzene rings is 1. The molecular formula is C13H12N6O3. The van der Waals surface area contributed by atoms with Crippen LogP contribution in [0.1, 0.15) is 5.82 Å². The van der Waals surface area contributed by atoms with Gasteiger partial charge in [-0.15, -0.1) is 0 Å². The summed E-state index contributed by atoms with van der Waals surface area (Å²) in [5.74, 6) is 1.40. The van der Waals surface area contributed by atoms with Crippen LogP contribution in [0, 0.1) is 10.1 Å². The number of ether oxygens (including phenoxy) is 1. The standard InChI is InChI=1S/C13H12N6O3/c14-12-11-13(16-7-15-11)18-10(17-12)5-6-22-9-3-1-8(2-4-9)19(20)21/h1-4,7H,5-6H2,(H3,14,15,16,17,18). The van der Waals surface area contributed by atoms with Gasteiger partial charge < -0.3 is 15.5 Å². The average Bonchev–Trinajstić information content (AvgIpc) is 2.97. The van der Waals surface area contributed by atoms with Crippen LogP contribution in [0.25, 0.3) is 11.2 Å². The third-order valence-corrected chi connectivity index (χ3v) is 2.99. The Bertz CT molecular complexity index is 814. The normalized spacial score (nSPS) is 10.7. The highest BCUT2D eigenvalue weighted by atomic mass is 16.6. The van der Waals surface area contributed by atoms with E-state index in [1.54, 1.807) is 12.1 Å². The van der Waals surface area contributed by atoms with E-state index in [0.717, 1.165) is 0 Å². The monoisotopic (exact) mass is 300 g/mol. The summed E-state index contributed by atoms with van der Waals surface area (Å²) in [6, 6.07) is 5.87. The molecule has 0 saturated carbocycles. The van der Waals surface area contributed by atoms with E-state index in [4.69, 9.17) is 10.5 Å². The zero-order valence-electron chi connectivity index (χ0n) is 11.4. The summed E-state index contributed by atoms with van der Waals surface area (Å²) < 4.78 is 5.51. The fraction of sp³-hybridized carbons (Fsp3) is 0.154. The van der Waals surface area contributed by atoms with Crippen LogP contribution >= 0.6 is 0 Å². The van der Waals surface area contributed by atoms with E-state index in [-0.39, 0.29) is 5.69 Å². The Labute approximate surface area is 124 Å². The van der Waals surface area contributed by atoms with Gasteiger partial charge in [-0.2, -0.15) is 0 Å². The van der Waals surface area contributed by atoms with Gasteiger partial charge in [0, 0.05) is 18.6 Å². The van der Waals surface area contributed by atoms with Gasteiger partial charge in [-0.05, 0) is 12.1 Å². The number of nitrogen functional groups attached to an aromatic ring is 1. The Morgan fingerprint density at radius 1 is 1.27 bits per heavy atom. The van der Waals surface area contributed by atoms with Crippen molar-refractivity contribution in [3.8, 4) is 5.75 Å². The molecule has 2 aromatic heterocycles. The second kappa shape index (κ2) is 5.64. The highest BCUT2D eigenvalue weighted by Crippen LogP contribution is 2.18. The summed E-state index contributed by atoms with van der Waals surface area (Å²) in [6.07, 6.45) is 1.96. The van der Waals surface area contributed by atoms with Crippen LogP contribution in [0.5, 0.6) is 5.75 Å². The number of H-pyrrole nitrogens is 1. The first-order valence-corrected chi connectivity index (χ1v) is 6.46. The van der Waals surface area contributed by atoms with Crippen molar-refractivity contribution < 1.29 is 9.66 Å². The molecule has 9 heteroatoms. The molecule has 22 heavy (non-hydrogen) atoms. The Kier molecular flexibility index (Phi) is 3.52. The van der Waals surface area contributed by atoms with E-state index >= 15 is 0 Å². The van der Waals surface area contributed by atoms with Crippen LogP contribution in [0.15, 0.2) is 30.6 Å². The van der Waals surface area contributed by atoms with Crippen LogP contribution in [-0.4, -0.2) is 31.5 Å². The Hall–Kier alpha value is -3.23. The molecule has 0 spiro atoms. The van der Waals surface area contributed by atoms with E-state index in [1.165, 1.54) is 18.5 Å². The van der Waals surface area contributed by atoms with Gasteiger partial charge in [0.25, 0.3) is 5.69 Å². The molecule has 0 unspecified atom stereocenters. The van der Waals surface area contributed by atoms with Gasteiger partial charge in [0.15, 0.2) is 11.5 Å². The minimum Gasteiger partial charge on any atom is -0.493 e. The van der Waals surface area contributed by atoms with Crippen molar-refractivity contribution in [3.05, 3.63) is 46.5 Å². The molecule has 2 heterocycles. The number of rotatable bonds is 5. The number of nitrogens with one attached hydrogen (secondary N) is 1. The highest BCUT2D eigenvalue weighted by molar-refractivity contribution is 5.80. The molecule has 0 amide bonds. The summed E-state index contributed by atoms with van der Waals surface area (Å²) in [6.45, 7) is 0.330. The number of anilines is 1. The van der Waals surface area contributed by atoms with Crippen LogP contribution in [0.3, 0.4) is 0 Å². The van der Waals surface area contributed by atoms with E-state index < -0.39 is 4.92 Å². The molecule has 0 aliphatic rings. The second-order valence-corrected chi connectivity index (χ2v) is 4.47. The lowest BCUT2D eigenvalue weighted by atomic mass is 10.3. The number of nitrogens with zero attached hydrogens (tertiary/aromatic N) is 4. The van der Waals surface area contributed by atoms with Gasteiger partial charge in [0.05, 0.1) is 17.9 Å². The molecule has 0 fully saturated rings. The zero-order valence-corrected chi connectivity index (χ0v) is 11.4. The Balaban J connectivity index is 1.63. The van der Waals surface area contributed by atoms with E-state index in [9.17, 15) is 10.1 Å². The van der Waals surface area contributed by atoms with Crippen LogP contribution in [0.2, 0.25) is 0 Å². The minimum absolute atomic E-state index is 0.0214. The first kappa shape index (κ1) is 13.7. The molecule has 0 atom stereocenters. The Morgan fingerprint density at radius 2 is 2.05 bits per heavy atom. The lowest BCUT2D eigenvalue weighted by Gasteiger charge is -2.05. The lowest BCUT2D eigenvalue weighted by molar-refractivity contribution is -0.384. The van der Waals surface area contributed by atoms with Crippen molar-refractivity contribution >= 4 is 22.7 Å². The van der Waals surface area contributed by atoms with E-state index in [0.29, 0.717) is 41.6 Å².